The first-order valence-electron chi connectivity index (χ1n) is 6.71. The molecule has 18 heavy (non-hydrogen) atoms. The Kier molecular flexibility index (Phi) is 4.90. The number of ether oxygens (including phenoxy) is 1. The van der Waals surface area contributed by atoms with Gasteiger partial charge in [-0.25, -0.2) is 0 Å². The van der Waals surface area contributed by atoms with Crippen molar-refractivity contribution in [2.75, 3.05) is 26.7 Å². The lowest BCUT2D eigenvalue weighted by atomic mass is 9.92. The molecule has 100 valence electrons. The van der Waals surface area contributed by atoms with Gasteiger partial charge in [0.15, 0.2) is 0 Å². The van der Waals surface area contributed by atoms with E-state index in [-0.39, 0.29) is 5.38 Å². The van der Waals surface area contributed by atoms with Crippen molar-refractivity contribution in [3.8, 4) is 5.75 Å². The zero-order chi connectivity index (χ0) is 13.0. The fraction of sp³-hybridized carbons (Fsp3) is 0.600. The molecule has 0 aromatic heterocycles. The van der Waals surface area contributed by atoms with Crippen molar-refractivity contribution in [3.05, 3.63) is 29.8 Å². The summed E-state index contributed by atoms with van der Waals surface area (Å²) in [5.74, 6) is 1.65. The van der Waals surface area contributed by atoms with Gasteiger partial charge in [0.2, 0.25) is 0 Å². The Morgan fingerprint density at radius 2 is 2.22 bits per heavy atom. The topological polar surface area (TPSA) is 12.5 Å². The first-order valence-corrected chi connectivity index (χ1v) is 7.15. The summed E-state index contributed by atoms with van der Waals surface area (Å²) in [4.78, 5) is 2.38. The van der Waals surface area contributed by atoms with E-state index in [0.717, 1.165) is 38.3 Å². The third kappa shape index (κ3) is 3.63. The number of para-hydroxylation sites is 1. The highest BCUT2D eigenvalue weighted by Crippen LogP contribution is 2.33. The van der Waals surface area contributed by atoms with Gasteiger partial charge in [-0.15, -0.1) is 11.6 Å². The molecule has 2 rings (SSSR count). The average Bonchev–Trinajstić information content (AvgIpc) is 2.37. The Balaban J connectivity index is 1.94. The molecule has 2 nitrogen and oxygen atoms in total. The molecule has 0 fully saturated rings. The Bertz CT molecular complexity index is 381. The lowest BCUT2D eigenvalue weighted by Gasteiger charge is -2.29. The Labute approximate surface area is 115 Å². The SMILES string of the molecule is CC(Cl)CCN(C)CC1CCOc2ccccc21. The van der Waals surface area contributed by atoms with Gasteiger partial charge in [-0.2, -0.15) is 0 Å². The van der Waals surface area contributed by atoms with Crippen LogP contribution in [0.15, 0.2) is 24.3 Å². The zero-order valence-corrected chi connectivity index (χ0v) is 12.0. The van der Waals surface area contributed by atoms with Gasteiger partial charge in [0, 0.05) is 17.8 Å². The predicted octanol–water partition coefficient (Wildman–Crippen LogP) is 3.50. The van der Waals surface area contributed by atoms with Crippen LogP contribution in [0.25, 0.3) is 0 Å². The molecule has 0 amide bonds. The Morgan fingerprint density at radius 1 is 1.44 bits per heavy atom. The molecule has 0 saturated heterocycles. The van der Waals surface area contributed by atoms with Crippen LogP contribution in [0.4, 0.5) is 0 Å². The summed E-state index contributed by atoms with van der Waals surface area (Å²) in [5, 5.41) is 0.259. The number of hydrogen-bond acceptors (Lipinski definition) is 2. The lowest BCUT2D eigenvalue weighted by Crippen LogP contribution is -2.29. The summed E-state index contributed by atoms with van der Waals surface area (Å²) in [6.45, 7) is 5.04. The third-order valence-corrected chi connectivity index (χ3v) is 3.74. The summed E-state index contributed by atoms with van der Waals surface area (Å²) in [6, 6.07) is 8.40. The number of halogens is 1. The maximum absolute atomic E-state index is 6.00. The van der Waals surface area contributed by atoms with Crippen LogP contribution >= 0.6 is 11.6 Å². The number of likely N-dealkylation sites (N-methyl/N-ethyl adjacent to an activating group) is 1. The van der Waals surface area contributed by atoms with E-state index in [9.17, 15) is 0 Å². The van der Waals surface area contributed by atoms with Gasteiger partial charge < -0.3 is 9.64 Å². The van der Waals surface area contributed by atoms with Gasteiger partial charge in [-0.3, -0.25) is 0 Å². The summed E-state index contributed by atoms with van der Waals surface area (Å²) in [6.07, 6.45) is 2.15. The smallest absolute Gasteiger partial charge is 0.122 e. The fourth-order valence-electron chi connectivity index (χ4n) is 2.47. The summed E-state index contributed by atoms with van der Waals surface area (Å²) >= 11 is 6.00. The second-order valence-corrected chi connectivity index (χ2v) is 5.95. The standard InChI is InChI=1S/C15H22ClNO/c1-12(16)7-9-17(2)11-13-8-10-18-15-6-4-3-5-14(13)15/h3-6,12-13H,7-11H2,1-2H3. The second-order valence-electron chi connectivity index (χ2n) is 5.20. The molecule has 1 aromatic rings. The molecule has 2 atom stereocenters. The highest BCUT2D eigenvalue weighted by Gasteiger charge is 2.22. The predicted molar refractivity (Wildman–Crippen MR) is 76.7 cm³/mol. The van der Waals surface area contributed by atoms with Crippen LogP contribution in [-0.4, -0.2) is 37.0 Å². The van der Waals surface area contributed by atoms with Gasteiger partial charge in [-0.1, -0.05) is 18.2 Å². The van der Waals surface area contributed by atoms with Crippen LogP contribution in [0.5, 0.6) is 5.75 Å². The number of rotatable bonds is 5. The average molecular weight is 268 g/mol. The maximum Gasteiger partial charge on any atom is 0.122 e. The summed E-state index contributed by atoms with van der Waals surface area (Å²) < 4.78 is 5.69. The Hall–Kier alpha value is -0.730. The fourth-order valence-corrected chi connectivity index (χ4v) is 2.57. The molecular weight excluding hydrogens is 246 g/mol. The van der Waals surface area contributed by atoms with Crippen LogP contribution in [0, 0.1) is 0 Å². The molecule has 1 aliphatic heterocycles. The number of hydrogen-bond donors (Lipinski definition) is 0. The minimum absolute atomic E-state index is 0.259. The molecule has 0 N–H and O–H groups in total. The summed E-state index contributed by atoms with van der Waals surface area (Å²) in [5.41, 5.74) is 1.36. The maximum atomic E-state index is 6.00. The van der Waals surface area contributed by atoms with E-state index >= 15 is 0 Å². The monoisotopic (exact) mass is 267 g/mol. The van der Waals surface area contributed by atoms with Gasteiger partial charge in [0.1, 0.15) is 5.75 Å². The minimum Gasteiger partial charge on any atom is -0.493 e. The third-order valence-electron chi connectivity index (χ3n) is 3.52. The highest BCUT2D eigenvalue weighted by molar-refractivity contribution is 6.20. The lowest BCUT2D eigenvalue weighted by molar-refractivity contribution is 0.230. The molecule has 2 unspecified atom stereocenters. The molecule has 3 heteroatoms. The highest BCUT2D eigenvalue weighted by atomic mass is 35.5. The van der Waals surface area contributed by atoms with E-state index in [2.05, 4.69) is 37.1 Å². The van der Waals surface area contributed by atoms with Gasteiger partial charge in [0.25, 0.3) is 0 Å². The summed E-state index contributed by atoms with van der Waals surface area (Å²) in [7, 11) is 2.18. The van der Waals surface area contributed by atoms with Gasteiger partial charge in [0.05, 0.1) is 6.61 Å². The van der Waals surface area contributed by atoms with Crippen molar-refractivity contribution in [1.82, 2.24) is 4.90 Å². The Morgan fingerprint density at radius 3 is 3.00 bits per heavy atom. The van der Waals surface area contributed by atoms with Gasteiger partial charge in [-0.05, 0) is 45.0 Å². The minimum atomic E-state index is 0.259. The zero-order valence-electron chi connectivity index (χ0n) is 11.2. The number of fused-ring (bicyclic) bond motifs is 1. The van der Waals surface area contributed by atoms with Gasteiger partial charge >= 0.3 is 0 Å². The molecule has 0 spiro atoms. The van der Waals surface area contributed by atoms with E-state index in [1.807, 2.05) is 6.07 Å². The number of benzene rings is 1. The van der Waals surface area contributed by atoms with Crippen LogP contribution in [0.3, 0.4) is 0 Å². The molecule has 0 bridgehead atoms. The molecular formula is C15H22ClNO. The van der Waals surface area contributed by atoms with Crippen LogP contribution in [0.1, 0.15) is 31.2 Å². The second kappa shape index (κ2) is 6.44. The quantitative estimate of drug-likeness (QED) is 0.757. The van der Waals surface area contributed by atoms with Crippen LogP contribution in [0.2, 0.25) is 0 Å². The van der Waals surface area contributed by atoms with Crippen molar-refractivity contribution in [2.24, 2.45) is 0 Å². The van der Waals surface area contributed by atoms with E-state index < -0.39 is 0 Å². The van der Waals surface area contributed by atoms with E-state index in [4.69, 9.17) is 16.3 Å². The molecule has 1 heterocycles. The van der Waals surface area contributed by atoms with Crippen LogP contribution < -0.4 is 4.74 Å². The van der Waals surface area contributed by atoms with E-state index in [1.54, 1.807) is 0 Å². The van der Waals surface area contributed by atoms with Crippen molar-refractivity contribution < 1.29 is 4.74 Å². The number of nitrogens with zero attached hydrogens (tertiary/aromatic N) is 1. The molecule has 1 aliphatic rings. The largest absolute Gasteiger partial charge is 0.493 e. The first-order chi connectivity index (χ1) is 8.66. The van der Waals surface area contributed by atoms with E-state index in [0.29, 0.717) is 5.92 Å². The molecule has 0 aliphatic carbocycles. The van der Waals surface area contributed by atoms with Crippen molar-refractivity contribution in [3.63, 3.8) is 0 Å². The molecule has 0 radical (unpaired) electrons. The number of alkyl halides is 1. The normalized spacial score (nSPS) is 20.3. The molecule has 0 saturated carbocycles. The van der Waals surface area contributed by atoms with E-state index in [1.165, 1.54) is 5.56 Å². The first kappa shape index (κ1) is 13.7. The van der Waals surface area contributed by atoms with Crippen molar-refractivity contribution >= 4 is 11.6 Å². The molecule has 1 aromatic carbocycles. The van der Waals surface area contributed by atoms with Crippen molar-refractivity contribution in [2.45, 2.75) is 31.1 Å². The van der Waals surface area contributed by atoms with Crippen LogP contribution in [-0.2, 0) is 0 Å². The van der Waals surface area contributed by atoms with Crippen molar-refractivity contribution in [1.29, 1.82) is 0 Å².